The number of aromatic nitrogens is 1. The molecular weight excluding hydrogens is 267 g/mol. The molecule has 0 atom stereocenters. The van der Waals surface area contributed by atoms with Crippen molar-refractivity contribution in [1.82, 2.24) is 4.98 Å². The molecule has 0 aliphatic heterocycles. The first kappa shape index (κ1) is 12.3. The Bertz CT molecular complexity index is 587. The van der Waals surface area contributed by atoms with Crippen molar-refractivity contribution in [2.45, 2.75) is 6.61 Å². The summed E-state index contributed by atoms with van der Waals surface area (Å²) in [6.45, 7) is -0.328. The monoisotopic (exact) mass is 276 g/mol. The molecule has 2 rings (SSSR count). The first-order chi connectivity index (χ1) is 7.93. The number of nitrogen functional groups attached to an aromatic ring is 1. The van der Waals surface area contributed by atoms with E-state index in [1.165, 1.54) is 6.07 Å². The van der Waals surface area contributed by atoms with E-state index < -0.39 is 7.60 Å². The van der Waals surface area contributed by atoms with Gasteiger partial charge >= 0.3 is 7.60 Å². The summed E-state index contributed by atoms with van der Waals surface area (Å²) in [5, 5.41) is 9.03. The second-order valence-corrected chi connectivity index (χ2v) is 5.85. The molecule has 5 N–H and O–H groups in total. The number of nitrogens with zero attached hydrogens (tertiary/aromatic N) is 1. The minimum Gasteiger partial charge on any atom is -0.462 e. The van der Waals surface area contributed by atoms with Crippen LogP contribution in [-0.2, 0) is 11.2 Å². The average molecular weight is 276 g/mol. The summed E-state index contributed by atoms with van der Waals surface area (Å²) >= 11 is 1.04. The van der Waals surface area contributed by atoms with Crippen molar-refractivity contribution in [2.75, 3.05) is 5.73 Å². The molecule has 7 nitrogen and oxygen atoms in total. The maximum Gasteiger partial charge on any atom is 0.360 e. The molecule has 92 valence electrons. The molecule has 0 amide bonds. The van der Waals surface area contributed by atoms with Crippen LogP contribution in [-0.4, -0.2) is 19.9 Å². The first-order valence-electron chi connectivity index (χ1n) is 4.43. The molecule has 2 aromatic heterocycles. The zero-order valence-electron chi connectivity index (χ0n) is 8.40. The molecule has 0 bridgehead atoms. The molecule has 9 heteroatoms. The fourth-order valence-corrected chi connectivity index (χ4v) is 2.73. The molecule has 0 aliphatic carbocycles. The maximum absolute atomic E-state index is 11.2. The lowest BCUT2D eigenvalue weighted by Gasteiger charge is -2.03. The highest BCUT2D eigenvalue weighted by Crippen LogP contribution is 2.40. The van der Waals surface area contributed by atoms with Crippen LogP contribution in [0.5, 0.6) is 0 Å². The average Bonchev–Trinajstić information content (AvgIpc) is 2.81. The highest BCUT2D eigenvalue weighted by molar-refractivity contribution is 7.60. The molecule has 0 radical (unpaired) electrons. The smallest absolute Gasteiger partial charge is 0.360 e. The topological polar surface area (TPSA) is 130 Å². The highest BCUT2D eigenvalue weighted by Gasteiger charge is 2.28. The van der Waals surface area contributed by atoms with Gasteiger partial charge in [-0.2, -0.15) is 0 Å². The first-order valence-corrected chi connectivity index (χ1v) is 6.86. The van der Waals surface area contributed by atoms with E-state index in [9.17, 15) is 4.57 Å². The summed E-state index contributed by atoms with van der Waals surface area (Å²) in [7, 11) is -4.45. The van der Waals surface area contributed by atoms with E-state index in [2.05, 4.69) is 4.98 Å². The molecule has 0 saturated heterocycles. The van der Waals surface area contributed by atoms with E-state index in [4.69, 9.17) is 25.0 Å². The summed E-state index contributed by atoms with van der Waals surface area (Å²) in [6, 6.07) is 1.17. The summed E-state index contributed by atoms with van der Waals surface area (Å²) in [5.41, 5.74) is 5.65. The standard InChI is InChI=1S/C8H9N2O5PS/c9-8-10-6(5(3-11)17-8)7-4(1-2-15-7)16(12,13)14/h1-2,11H,3H2,(H2,9,10)(H2,12,13,14). The number of aliphatic hydroxyl groups excluding tert-OH is 1. The van der Waals surface area contributed by atoms with Gasteiger partial charge < -0.3 is 25.0 Å². The van der Waals surface area contributed by atoms with Gasteiger partial charge in [-0.25, -0.2) is 4.98 Å². The Kier molecular flexibility index (Phi) is 3.07. The number of anilines is 1. The minimum atomic E-state index is -4.45. The molecule has 17 heavy (non-hydrogen) atoms. The lowest BCUT2D eigenvalue weighted by atomic mass is 10.3. The zero-order valence-corrected chi connectivity index (χ0v) is 10.1. The predicted molar refractivity (Wildman–Crippen MR) is 61.8 cm³/mol. The van der Waals surface area contributed by atoms with Crippen molar-refractivity contribution in [2.24, 2.45) is 0 Å². The number of nitrogens with two attached hydrogens (primary N) is 1. The van der Waals surface area contributed by atoms with Gasteiger partial charge in [-0.05, 0) is 6.07 Å². The molecule has 0 aromatic carbocycles. The summed E-state index contributed by atoms with van der Waals surface area (Å²) < 4.78 is 16.2. The van der Waals surface area contributed by atoms with E-state index in [0.717, 1.165) is 17.6 Å². The van der Waals surface area contributed by atoms with E-state index in [0.29, 0.717) is 4.88 Å². The van der Waals surface area contributed by atoms with Crippen molar-refractivity contribution >= 4 is 29.4 Å². The maximum atomic E-state index is 11.2. The third-order valence-corrected chi connectivity index (χ3v) is 3.88. The van der Waals surface area contributed by atoms with Gasteiger partial charge in [0.25, 0.3) is 0 Å². The van der Waals surface area contributed by atoms with Crippen LogP contribution < -0.4 is 11.0 Å². The molecule has 0 unspecified atom stereocenters. The van der Waals surface area contributed by atoms with Gasteiger partial charge in [0, 0.05) is 0 Å². The fourth-order valence-electron chi connectivity index (χ4n) is 1.36. The second-order valence-electron chi connectivity index (χ2n) is 3.16. The normalized spacial score (nSPS) is 11.9. The van der Waals surface area contributed by atoms with Gasteiger partial charge in [-0.15, -0.1) is 0 Å². The van der Waals surface area contributed by atoms with E-state index >= 15 is 0 Å². The number of hydrogen-bond donors (Lipinski definition) is 4. The zero-order chi connectivity index (χ0) is 12.6. The highest BCUT2D eigenvalue weighted by atomic mass is 32.1. The Morgan fingerprint density at radius 3 is 2.82 bits per heavy atom. The molecule has 0 spiro atoms. The number of thiazole rings is 1. The van der Waals surface area contributed by atoms with Crippen molar-refractivity contribution in [3.63, 3.8) is 0 Å². The Balaban J connectivity index is 2.61. The van der Waals surface area contributed by atoms with Gasteiger partial charge in [0.05, 0.1) is 17.7 Å². The lowest BCUT2D eigenvalue weighted by molar-refractivity contribution is 0.285. The van der Waals surface area contributed by atoms with Crippen molar-refractivity contribution < 1.29 is 23.9 Å². The van der Waals surface area contributed by atoms with Gasteiger partial charge in [0.2, 0.25) is 0 Å². The molecular formula is C8H9N2O5PS. The SMILES string of the molecule is Nc1nc(-c2occc2P(=O)(O)O)c(CO)s1. The summed E-state index contributed by atoms with van der Waals surface area (Å²) in [4.78, 5) is 22.5. The largest absolute Gasteiger partial charge is 0.462 e. The van der Waals surface area contributed by atoms with Crippen LogP contribution in [0.4, 0.5) is 5.13 Å². The molecule has 0 aliphatic rings. The van der Waals surface area contributed by atoms with Crippen LogP contribution in [0.25, 0.3) is 11.5 Å². The van der Waals surface area contributed by atoms with Crippen molar-refractivity contribution in [3.05, 3.63) is 17.2 Å². The van der Waals surface area contributed by atoms with Crippen LogP contribution in [0.1, 0.15) is 4.88 Å². The Hall–Kier alpha value is -1.18. The van der Waals surface area contributed by atoms with Gasteiger partial charge in [0.1, 0.15) is 11.0 Å². The Morgan fingerprint density at radius 1 is 1.53 bits per heavy atom. The number of hydrogen-bond acceptors (Lipinski definition) is 6. The summed E-state index contributed by atoms with van der Waals surface area (Å²) in [5.74, 6) is -0.0599. The van der Waals surface area contributed by atoms with Crippen LogP contribution in [0.15, 0.2) is 16.7 Å². The number of furan rings is 1. The molecule has 2 aromatic rings. The quantitative estimate of drug-likeness (QED) is 0.592. The molecule has 0 fully saturated rings. The van der Waals surface area contributed by atoms with E-state index in [-0.39, 0.29) is 28.5 Å². The van der Waals surface area contributed by atoms with Crippen molar-refractivity contribution in [3.8, 4) is 11.5 Å². The Labute approximate surface area is 99.7 Å². The Morgan fingerprint density at radius 2 is 2.24 bits per heavy atom. The van der Waals surface area contributed by atoms with Gasteiger partial charge in [-0.3, -0.25) is 4.57 Å². The molecule has 2 heterocycles. The third-order valence-electron chi connectivity index (χ3n) is 2.03. The fraction of sp³-hybridized carbons (Fsp3) is 0.125. The number of aliphatic hydroxyl groups is 1. The van der Waals surface area contributed by atoms with Gasteiger partial charge in [0.15, 0.2) is 10.9 Å². The third kappa shape index (κ3) is 2.26. The molecule has 0 saturated carbocycles. The van der Waals surface area contributed by atoms with E-state index in [1.807, 2.05) is 0 Å². The van der Waals surface area contributed by atoms with Crippen LogP contribution in [0.2, 0.25) is 0 Å². The number of rotatable bonds is 3. The van der Waals surface area contributed by atoms with Crippen LogP contribution >= 0.6 is 18.9 Å². The van der Waals surface area contributed by atoms with Gasteiger partial charge in [-0.1, -0.05) is 11.3 Å². The van der Waals surface area contributed by atoms with Crippen LogP contribution in [0.3, 0.4) is 0 Å². The summed E-state index contributed by atoms with van der Waals surface area (Å²) in [6.07, 6.45) is 1.15. The minimum absolute atomic E-state index is 0.0599. The van der Waals surface area contributed by atoms with E-state index in [1.54, 1.807) is 0 Å². The van der Waals surface area contributed by atoms with Crippen molar-refractivity contribution in [1.29, 1.82) is 0 Å². The second kappa shape index (κ2) is 4.25. The lowest BCUT2D eigenvalue weighted by Crippen LogP contribution is -2.04. The van der Waals surface area contributed by atoms with Crippen LogP contribution in [0, 0.1) is 0 Å². The predicted octanol–water partition coefficient (Wildman–Crippen LogP) is 0.281.